The van der Waals surface area contributed by atoms with Gasteiger partial charge in [-0.1, -0.05) is 18.5 Å². The molecule has 3 rings (SSSR count). The van der Waals surface area contributed by atoms with Crippen molar-refractivity contribution in [2.75, 3.05) is 10.8 Å². The van der Waals surface area contributed by atoms with E-state index in [0.717, 1.165) is 10.6 Å². The number of thioether (sulfide) groups is 1. The van der Waals surface area contributed by atoms with E-state index in [0.29, 0.717) is 5.82 Å². The molecule has 24 heavy (non-hydrogen) atoms. The van der Waals surface area contributed by atoms with E-state index in [1.807, 2.05) is 19.9 Å². The van der Waals surface area contributed by atoms with Crippen molar-refractivity contribution in [2.24, 2.45) is 5.10 Å². The molecular formula is C14H13ClF3N5S. The minimum Gasteiger partial charge on any atom is -0.333 e. The first-order valence-electron chi connectivity index (χ1n) is 7.12. The van der Waals surface area contributed by atoms with E-state index in [1.54, 1.807) is 23.9 Å². The number of anilines is 1. The third-order valence-electron chi connectivity index (χ3n) is 3.30. The number of fused-ring (bicyclic) bond motifs is 1. The van der Waals surface area contributed by atoms with Crippen molar-refractivity contribution in [3.63, 3.8) is 0 Å². The van der Waals surface area contributed by atoms with E-state index < -0.39 is 12.0 Å². The van der Waals surface area contributed by atoms with Crippen molar-refractivity contribution in [3.05, 3.63) is 33.9 Å². The van der Waals surface area contributed by atoms with Crippen molar-refractivity contribution in [1.29, 1.82) is 0 Å². The summed E-state index contributed by atoms with van der Waals surface area (Å²) in [5.74, 6) is 0.248. The van der Waals surface area contributed by atoms with Gasteiger partial charge in [0.1, 0.15) is 5.15 Å². The summed E-state index contributed by atoms with van der Waals surface area (Å²) in [5, 5.41) is 6.31. The lowest BCUT2D eigenvalue weighted by Crippen LogP contribution is -2.41. The second-order valence-electron chi connectivity index (χ2n) is 5.06. The van der Waals surface area contributed by atoms with Gasteiger partial charge in [-0.25, -0.2) is 15.0 Å². The van der Waals surface area contributed by atoms with Gasteiger partial charge in [-0.3, -0.25) is 0 Å². The number of nitrogens with one attached hydrogen (secondary N) is 1. The SMILES string of the molecule is CCSc1ccc(Cl)nc1N1N=c2nc(C(F)(F)F)[nH]c2=CC1C. The van der Waals surface area contributed by atoms with Crippen molar-refractivity contribution in [2.45, 2.75) is 31.0 Å². The molecule has 0 spiro atoms. The molecule has 0 saturated carbocycles. The summed E-state index contributed by atoms with van der Waals surface area (Å²) in [6, 6.07) is 3.19. The van der Waals surface area contributed by atoms with Crippen molar-refractivity contribution in [1.82, 2.24) is 15.0 Å². The largest absolute Gasteiger partial charge is 0.449 e. The Morgan fingerprint density at radius 2 is 2.08 bits per heavy atom. The number of alkyl halides is 3. The van der Waals surface area contributed by atoms with E-state index in [1.165, 1.54) is 5.01 Å². The normalized spacial score (nSPS) is 17.2. The Morgan fingerprint density at radius 3 is 2.75 bits per heavy atom. The molecule has 1 atom stereocenters. The number of aromatic nitrogens is 3. The number of hydrogen-bond donors (Lipinski definition) is 1. The van der Waals surface area contributed by atoms with Gasteiger partial charge in [0.15, 0.2) is 11.3 Å². The Morgan fingerprint density at radius 1 is 1.33 bits per heavy atom. The number of nitrogens with zero attached hydrogens (tertiary/aromatic N) is 4. The van der Waals surface area contributed by atoms with Gasteiger partial charge in [0.25, 0.3) is 0 Å². The molecule has 1 N–H and O–H groups in total. The summed E-state index contributed by atoms with van der Waals surface area (Å²) in [6.07, 6.45) is -2.92. The zero-order chi connectivity index (χ0) is 17.5. The summed E-state index contributed by atoms with van der Waals surface area (Å²) >= 11 is 7.53. The van der Waals surface area contributed by atoms with Gasteiger partial charge in [0, 0.05) is 0 Å². The van der Waals surface area contributed by atoms with Crippen LogP contribution in [0.15, 0.2) is 22.1 Å². The molecule has 1 aliphatic heterocycles. The van der Waals surface area contributed by atoms with E-state index in [9.17, 15) is 13.2 Å². The molecule has 0 saturated heterocycles. The van der Waals surface area contributed by atoms with E-state index in [2.05, 4.69) is 20.1 Å². The molecule has 1 aliphatic rings. The minimum atomic E-state index is -4.55. The van der Waals surface area contributed by atoms with Gasteiger partial charge in [-0.2, -0.15) is 13.2 Å². The molecule has 1 unspecified atom stereocenters. The average Bonchev–Trinajstić information content (AvgIpc) is 2.91. The molecule has 10 heteroatoms. The molecule has 0 radical (unpaired) electrons. The first-order chi connectivity index (χ1) is 11.3. The predicted molar refractivity (Wildman–Crippen MR) is 86.4 cm³/mol. The first-order valence-corrected chi connectivity index (χ1v) is 8.48. The summed E-state index contributed by atoms with van der Waals surface area (Å²) in [7, 11) is 0. The van der Waals surface area contributed by atoms with Crippen LogP contribution in [0.1, 0.15) is 19.7 Å². The van der Waals surface area contributed by atoms with Crippen LogP contribution >= 0.6 is 23.4 Å². The van der Waals surface area contributed by atoms with Crippen molar-refractivity contribution < 1.29 is 13.2 Å². The first kappa shape index (κ1) is 17.1. The number of halogens is 4. The molecule has 3 heterocycles. The Hall–Kier alpha value is -1.74. The number of H-pyrrole nitrogens is 1. The minimum absolute atomic E-state index is 0.0188. The van der Waals surface area contributed by atoms with Gasteiger partial charge in [0.2, 0.25) is 5.82 Å². The fraction of sp³-hybridized carbons (Fsp3) is 0.357. The fourth-order valence-corrected chi connectivity index (χ4v) is 3.18. The topological polar surface area (TPSA) is 57.2 Å². The van der Waals surface area contributed by atoms with Crippen LogP contribution in [-0.4, -0.2) is 26.7 Å². The van der Waals surface area contributed by atoms with Crippen LogP contribution in [0.4, 0.5) is 19.0 Å². The van der Waals surface area contributed by atoms with E-state index in [-0.39, 0.29) is 22.0 Å². The van der Waals surface area contributed by atoms with Crippen molar-refractivity contribution >= 4 is 35.3 Å². The highest BCUT2D eigenvalue weighted by atomic mass is 35.5. The third-order valence-corrected chi connectivity index (χ3v) is 4.43. The summed E-state index contributed by atoms with van der Waals surface area (Å²) < 4.78 is 38.4. The quantitative estimate of drug-likeness (QED) is 0.662. The van der Waals surface area contributed by atoms with Crippen LogP contribution in [0.3, 0.4) is 0 Å². The molecule has 0 aliphatic carbocycles. The maximum absolute atomic E-state index is 12.8. The maximum Gasteiger partial charge on any atom is 0.449 e. The Bertz CT molecular complexity index is 880. The molecule has 128 valence electrons. The van der Waals surface area contributed by atoms with Gasteiger partial charge >= 0.3 is 6.18 Å². The second-order valence-corrected chi connectivity index (χ2v) is 6.75. The van der Waals surface area contributed by atoms with Gasteiger partial charge in [-0.05, 0) is 30.9 Å². The van der Waals surface area contributed by atoms with Crippen LogP contribution in [0.5, 0.6) is 0 Å². The van der Waals surface area contributed by atoms with Crippen LogP contribution < -0.4 is 15.8 Å². The monoisotopic (exact) mass is 375 g/mol. The van der Waals surface area contributed by atoms with Gasteiger partial charge in [-0.15, -0.1) is 16.9 Å². The number of rotatable bonds is 3. The third kappa shape index (κ3) is 3.23. The zero-order valence-corrected chi connectivity index (χ0v) is 14.3. The van der Waals surface area contributed by atoms with Crippen LogP contribution in [0, 0.1) is 0 Å². The molecule has 0 bridgehead atoms. The molecular weight excluding hydrogens is 363 g/mol. The van der Waals surface area contributed by atoms with Crippen molar-refractivity contribution in [3.8, 4) is 0 Å². The van der Waals surface area contributed by atoms with Crippen LogP contribution in [-0.2, 0) is 6.18 Å². The molecule has 2 aromatic heterocycles. The van der Waals surface area contributed by atoms with Crippen LogP contribution in [0.25, 0.3) is 6.08 Å². The standard InChI is InChI=1S/C14H13ClF3N5S/c1-3-24-9-4-5-10(15)20-12(9)23-7(2)6-8-11(22-23)21-13(19-8)14(16,17)18/h4-7H,3H2,1-2H3,(H,19,21,22). The molecule has 0 fully saturated rings. The lowest BCUT2D eigenvalue weighted by Gasteiger charge is -2.26. The molecule has 5 nitrogen and oxygen atoms in total. The average molecular weight is 376 g/mol. The lowest BCUT2D eigenvalue weighted by atomic mass is 10.2. The van der Waals surface area contributed by atoms with Crippen LogP contribution in [0.2, 0.25) is 5.15 Å². The highest BCUT2D eigenvalue weighted by Gasteiger charge is 2.35. The fourth-order valence-electron chi connectivity index (χ4n) is 2.29. The highest BCUT2D eigenvalue weighted by Crippen LogP contribution is 2.31. The summed E-state index contributed by atoms with van der Waals surface area (Å²) in [4.78, 5) is 10.9. The predicted octanol–water partition coefficient (Wildman–Crippen LogP) is 2.81. The number of pyridine rings is 1. The lowest BCUT2D eigenvalue weighted by molar-refractivity contribution is -0.144. The van der Waals surface area contributed by atoms with Gasteiger partial charge < -0.3 is 4.98 Å². The number of imidazole rings is 1. The second kappa shape index (κ2) is 6.29. The number of hydrogen-bond acceptors (Lipinski definition) is 5. The Kier molecular flexibility index (Phi) is 4.48. The molecule has 0 amide bonds. The van der Waals surface area contributed by atoms with E-state index in [4.69, 9.17) is 11.6 Å². The summed E-state index contributed by atoms with van der Waals surface area (Å²) in [5.41, 5.74) is -0.0188. The van der Waals surface area contributed by atoms with Gasteiger partial charge in [0.05, 0.1) is 16.3 Å². The Balaban J connectivity index is 2.11. The Labute approximate surface area is 144 Å². The smallest absolute Gasteiger partial charge is 0.333 e. The number of aromatic amines is 1. The summed E-state index contributed by atoms with van der Waals surface area (Å²) in [6.45, 7) is 3.80. The highest BCUT2D eigenvalue weighted by molar-refractivity contribution is 7.99. The zero-order valence-electron chi connectivity index (χ0n) is 12.7. The molecule has 0 aromatic carbocycles. The molecule has 2 aromatic rings. The maximum atomic E-state index is 12.8. The van der Waals surface area contributed by atoms with E-state index >= 15 is 0 Å².